The van der Waals surface area contributed by atoms with Crippen LogP contribution in [0, 0.1) is 6.92 Å². The van der Waals surface area contributed by atoms with E-state index < -0.39 is 5.60 Å². The largest absolute Gasteiger partial charge is 0.389 e. The topological polar surface area (TPSA) is 105 Å². The summed E-state index contributed by atoms with van der Waals surface area (Å²) in [6.07, 6.45) is 8.86. The highest BCUT2D eigenvalue weighted by molar-refractivity contribution is 5.77. The highest BCUT2D eigenvalue weighted by Crippen LogP contribution is 2.35. The van der Waals surface area contributed by atoms with Gasteiger partial charge in [-0.15, -0.1) is 0 Å². The summed E-state index contributed by atoms with van der Waals surface area (Å²) in [4.78, 5) is 27.4. The highest BCUT2D eigenvalue weighted by Gasteiger charge is 2.36. The quantitative estimate of drug-likeness (QED) is 0.878. The van der Waals surface area contributed by atoms with Crippen molar-refractivity contribution >= 4 is 5.91 Å². The molecule has 4 rings (SSSR count). The second-order valence-corrected chi connectivity index (χ2v) is 7.75. The average molecular weight is 371 g/mol. The van der Waals surface area contributed by atoms with Crippen LogP contribution in [0.3, 0.4) is 0 Å². The van der Waals surface area contributed by atoms with Gasteiger partial charge in [0.05, 0.1) is 23.3 Å². The molecule has 8 nitrogen and oxygen atoms in total. The van der Waals surface area contributed by atoms with Gasteiger partial charge in [-0.2, -0.15) is 4.98 Å². The van der Waals surface area contributed by atoms with E-state index in [0.717, 1.165) is 49.8 Å². The third-order valence-electron chi connectivity index (χ3n) is 5.70. The van der Waals surface area contributed by atoms with Crippen molar-refractivity contribution in [3.05, 3.63) is 24.1 Å². The summed E-state index contributed by atoms with van der Waals surface area (Å²) in [6.45, 7) is 3.01. The smallest absolute Gasteiger partial charge is 0.225 e. The van der Waals surface area contributed by atoms with E-state index in [1.54, 1.807) is 13.1 Å². The van der Waals surface area contributed by atoms with Crippen LogP contribution < -0.4 is 0 Å². The van der Waals surface area contributed by atoms with E-state index in [0.29, 0.717) is 24.8 Å². The van der Waals surface area contributed by atoms with Crippen LogP contribution in [0.25, 0.3) is 11.4 Å². The number of rotatable bonds is 4. The molecular formula is C19H25N5O3. The highest BCUT2D eigenvalue weighted by atomic mass is 16.5. The summed E-state index contributed by atoms with van der Waals surface area (Å²) in [6, 6.07) is 0. The number of hydrogen-bond donors (Lipinski definition) is 1. The lowest BCUT2D eigenvalue weighted by molar-refractivity contribution is -0.136. The molecule has 1 amide bonds. The number of aromatic nitrogens is 4. The van der Waals surface area contributed by atoms with Gasteiger partial charge in [-0.3, -0.25) is 4.79 Å². The zero-order valence-electron chi connectivity index (χ0n) is 15.6. The Bertz CT molecular complexity index is 815. The SMILES string of the molecule is Cc1nc(-c2cncnc2C2CCN(C(=O)CC3(O)CCCCC3)C2)no1. The maximum atomic E-state index is 12.7. The molecule has 2 fully saturated rings. The predicted molar refractivity (Wildman–Crippen MR) is 96.7 cm³/mol. The Kier molecular flexibility index (Phi) is 4.90. The van der Waals surface area contributed by atoms with Crippen LogP contribution in [0.1, 0.15) is 62.4 Å². The Morgan fingerprint density at radius 1 is 1.37 bits per heavy atom. The molecule has 1 N–H and O–H groups in total. The fraction of sp³-hybridized carbons (Fsp3) is 0.632. The van der Waals surface area contributed by atoms with Gasteiger partial charge in [0.15, 0.2) is 0 Å². The Hall–Kier alpha value is -2.35. The van der Waals surface area contributed by atoms with Crippen molar-refractivity contribution in [1.29, 1.82) is 0 Å². The summed E-state index contributed by atoms with van der Waals surface area (Å²) >= 11 is 0. The zero-order chi connectivity index (χ0) is 18.9. The van der Waals surface area contributed by atoms with E-state index in [2.05, 4.69) is 20.1 Å². The second-order valence-electron chi connectivity index (χ2n) is 7.75. The molecule has 2 aliphatic rings. The van der Waals surface area contributed by atoms with Crippen molar-refractivity contribution < 1.29 is 14.4 Å². The number of hydrogen-bond acceptors (Lipinski definition) is 7. The molecule has 1 saturated heterocycles. The van der Waals surface area contributed by atoms with E-state index in [-0.39, 0.29) is 18.2 Å². The number of carbonyl (C=O) groups is 1. The fourth-order valence-corrected chi connectivity index (χ4v) is 4.24. The van der Waals surface area contributed by atoms with Gasteiger partial charge in [-0.25, -0.2) is 9.97 Å². The Labute approximate surface area is 158 Å². The molecule has 1 saturated carbocycles. The molecule has 1 unspecified atom stereocenters. The monoisotopic (exact) mass is 371 g/mol. The first-order valence-electron chi connectivity index (χ1n) is 9.65. The molecule has 144 valence electrons. The summed E-state index contributed by atoms with van der Waals surface area (Å²) in [5.41, 5.74) is 0.771. The Morgan fingerprint density at radius 3 is 2.93 bits per heavy atom. The van der Waals surface area contributed by atoms with Crippen LogP contribution in [0.15, 0.2) is 17.0 Å². The van der Waals surface area contributed by atoms with Crippen LogP contribution in [0.4, 0.5) is 0 Å². The van der Waals surface area contributed by atoms with Gasteiger partial charge in [0, 0.05) is 32.1 Å². The van der Waals surface area contributed by atoms with E-state index in [1.807, 2.05) is 4.90 Å². The molecule has 3 heterocycles. The maximum absolute atomic E-state index is 12.7. The molecule has 2 aromatic heterocycles. The molecular weight excluding hydrogens is 346 g/mol. The molecule has 0 radical (unpaired) electrons. The first-order chi connectivity index (χ1) is 13.0. The molecule has 2 aromatic rings. The Morgan fingerprint density at radius 2 is 2.19 bits per heavy atom. The Balaban J connectivity index is 1.46. The molecule has 1 aliphatic heterocycles. The van der Waals surface area contributed by atoms with Gasteiger partial charge in [0.1, 0.15) is 6.33 Å². The van der Waals surface area contributed by atoms with Crippen molar-refractivity contribution in [1.82, 2.24) is 25.0 Å². The average Bonchev–Trinajstić information content (AvgIpc) is 3.31. The number of nitrogens with zero attached hydrogens (tertiary/aromatic N) is 5. The van der Waals surface area contributed by atoms with E-state index >= 15 is 0 Å². The zero-order valence-corrected chi connectivity index (χ0v) is 15.6. The van der Waals surface area contributed by atoms with Crippen LogP contribution in [-0.4, -0.2) is 54.7 Å². The lowest BCUT2D eigenvalue weighted by Gasteiger charge is -2.32. The molecule has 0 spiro atoms. The van der Waals surface area contributed by atoms with Gasteiger partial charge in [0.25, 0.3) is 0 Å². The summed E-state index contributed by atoms with van der Waals surface area (Å²) < 4.78 is 5.08. The minimum atomic E-state index is -0.824. The molecule has 0 aromatic carbocycles. The second kappa shape index (κ2) is 7.34. The molecule has 0 bridgehead atoms. The van der Waals surface area contributed by atoms with Gasteiger partial charge >= 0.3 is 0 Å². The summed E-state index contributed by atoms with van der Waals surface area (Å²) in [5.74, 6) is 1.10. The van der Waals surface area contributed by atoms with Gasteiger partial charge < -0.3 is 14.5 Å². The van der Waals surface area contributed by atoms with Crippen LogP contribution in [-0.2, 0) is 4.79 Å². The molecule has 8 heteroatoms. The van der Waals surface area contributed by atoms with Crippen molar-refractivity contribution in [3.8, 4) is 11.4 Å². The van der Waals surface area contributed by atoms with Crippen molar-refractivity contribution in [2.24, 2.45) is 0 Å². The number of carbonyl (C=O) groups excluding carboxylic acids is 1. The number of likely N-dealkylation sites (tertiary alicyclic amines) is 1. The third-order valence-corrected chi connectivity index (χ3v) is 5.70. The fourth-order valence-electron chi connectivity index (χ4n) is 4.24. The summed E-state index contributed by atoms with van der Waals surface area (Å²) in [5, 5.41) is 14.7. The van der Waals surface area contributed by atoms with Crippen LogP contribution >= 0.6 is 0 Å². The van der Waals surface area contributed by atoms with E-state index in [1.165, 1.54) is 6.33 Å². The first-order valence-corrected chi connectivity index (χ1v) is 9.65. The lowest BCUT2D eigenvalue weighted by atomic mass is 9.82. The minimum absolute atomic E-state index is 0.0351. The minimum Gasteiger partial charge on any atom is -0.389 e. The van der Waals surface area contributed by atoms with Crippen molar-refractivity contribution in [3.63, 3.8) is 0 Å². The van der Waals surface area contributed by atoms with Crippen molar-refractivity contribution in [2.45, 2.75) is 63.4 Å². The molecule has 1 atom stereocenters. The maximum Gasteiger partial charge on any atom is 0.225 e. The van der Waals surface area contributed by atoms with E-state index in [9.17, 15) is 9.90 Å². The van der Waals surface area contributed by atoms with Crippen LogP contribution in [0.2, 0.25) is 0 Å². The summed E-state index contributed by atoms with van der Waals surface area (Å²) in [7, 11) is 0. The van der Waals surface area contributed by atoms with Gasteiger partial charge in [-0.1, -0.05) is 24.4 Å². The lowest BCUT2D eigenvalue weighted by Crippen LogP contribution is -2.39. The standard InChI is InChI=1S/C19H25N5O3/c1-13-22-18(23-27-13)15-10-20-12-21-17(15)14-5-8-24(11-14)16(25)9-19(26)6-3-2-4-7-19/h10,12,14,26H,2-9,11H2,1H3. The predicted octanol–water partition coefficient (Wildman–Crippen LogP) is 2.24. The van der Waals surface area contributed by atoms with Crippen LogP contribution in [0.5, 0.6) is 0 Å². The number of amides is 1. The molecule has 27 heavy (non-hydrogen) atoms. The van der Waals surface area contributed by atoms with Gasteiger partial charge in [-0.05, 0) is 19.3 Å². The van der Waals surface area contributed by atoms with Gasteiger partial charge in [0.2, 0.25) is 17.6 Å². The number of aryl methyl sites for hydroxylation is 1. The third kappa shape index (κ3) is 3.85. The number of aliphatic hydroxyl groups is 1. The van der Waals surface area contributed by atoms with E-state index in [4.69, 9.17) is 4.52 Å². The normalized spacial score (nSPS) is 22.1. The molecule has 1 aliphatic carbocycles. The van der Waals surface area contributed by atoms with Crippen molar-refractivity contribution in [2.75, 3.05) is 13.1 Å². The first kappa shape index (κ1) is 18.0.